The van der Waals surface area contributed by atoms with Gasteiger partial charge in [-0.2, -0.15) is 0 Å². The van der Waals surface area contributed by atoms with Crippen LogP contribution < -0.4 is 10.3 Å². The van der Waals surface area contributed by atoms with Gasteiger partial charge in [0, 0.05) is 18.7 Å². The van der Waals surface area contributed by atoms with E-state index in [1.54, 1.807) is 19.4 Å². The number of hydrogen-bond donors (Lipinski definition) is 1. The Hall–Kier alpha value is -1.44. The molecule has 5 nitrogen and oxygen atoms in total. The third kappa shape index (κ3) is 4.26. The molecule has 0 radical (unpaired) electrons. The van der Waals surface area contributed by atoms with E-state index in [9.17, 15) is 4.79 Å². The molecule has 0 saturated heterocycles. The standard InChI is InChI=1S/C15H18IN3O2/c1-9(2)6-11-14(16)15(20)19-12(18-11)7-10-4-5-13(21-3)17-8-10/h4-5,8-9H,6-7H2,1-3H3,(H,18,19,20). The maximum atomic E-state index is 12.0. The molecule has 0 atom stereocenters. The number of hydrogen-bond acceptors (Lipinski definition) is 4. The molecule has 0 saturated carbocycles. The lowest BCUT2D eigenvalue weighted by molar-refractivity contribution is 0.397. The SMILES string of the molecule is COc1ccc(Cc2nc(CC(C)C)c(I)c(=O)[nH]2)cn1. The highest BCUT2D eigenvalue weighted by Crippen LogP contribution is 2.13. The van der Waals surface area contributed by atoms with E-state index in [1.807, 2.05) is 6.07 Å². The summed E-state index contributed by atoms with van der Waals surface area (Å²) in [7, 11) is 1.58. The molecule has 0 aliphatic heterocycles. The van der Waals surface area contributed by atoms with Crippen molar-refractivity contribution in [2.75, 3.05) is 7.11 Å². The van der Waals surface area contributed by atoms with Gasteiger partial charge in [0.25, 0.3) is 5.56 Å². The number of nitrogens with zero attached hydrogens (tertiary/aromatic N) is 2. The van der Waals surface area contributed by atoms with E-state index in [4.69, 9.17) is 4.74 Å². The second kappa shape index (κ2) is 7.02. The van der Waals surface area contributed by atoms with Crippen LogP contribution in [0, 0.1) is 9.49 Å². The largest absolute Gasteiger partial charge is 0.481 e. The summed E-state index contributed by atoms with van der Waals surface area (Å²) in [4.78, 5) is 23.6. The zero-order valence-corrected chi connectivity index (χ0v) is 14.5. The van der Waals surface area contributed by atoms with Gasteiger partial charge >= 0.3 is 0 Å². The third-order valence-electron chi connectivity index (χ3n) is 2.96. The van der Waals surface area contributed by atoms with Gasteiger partial charge in [0.05, 0.1) is 16.4 Å². The van der Waals surface area contributed by atoms with Crippen molar-refractivity contribution in [3.05, 3.63) is 49.3 Å². The highest BCUT2D eigenvalue weighted by molar-refractivity contribution is 14.1. The topological polar surface area (TPSA) is 67.9 Å². The molecule has 0 aliphatic rings. The van der Waals surface area contributed by atoms with Crippen molar-refractivity contribution in [2.24, 2.45) is 5.92 Å². The van der Waals surface area contributed by atoms with Gasteiger partial charge in [0.2, 0.25) is 5.88 Å². The zero-order valence-electron chi connectivity index (χ0n) is 12.3. The number of aromatic amines is 1. The van der Waals surface area contributed by atoms with E-state index in [-0.39, 0.29) is 5.56 Å². The fourth-order valence-corrected chi connectivity index (χ4v) is 2.47. The lowest BCUT2D eigenvalue weighted by atomic mass is 10.1. The third-order valence-corrected chi connectivity index (χ3v) is 4.07. The Bertz CT molecular complexity index is 666. The number of rotatable bonds is 5. The zero-order chi connectivity index (χ0) is 15.4. The van der Waals surface area contributed by atoms with E-state index in [1.165, 1.54) is 0 Å². The van der Waals surface area contributed by atoms with Crippen LogP contribution in [0.3, 0.4) is 0 Å². The molecule has 2 heterocycles. The molecule has 2 aromatic heterocycles. The first-order valence-electron chi connectivity index (χ1n) is 6.76. The lowest BCUT2D eigenvalue weighted by Crippen LogP contribution is -2.19. The molecule has 0 aromatic carbocycles. The summed E-state index contributed by atoms with van der Waals surface area (Å²) in [6.07, 6.45) is 3.09. The minimum absolute atomic E-state index is 0.0716. The quantitative estimate of drug-likeness (QED) is 0.785. The molecule has 1 N–H and O–H groups in total. The van der Waals surface area contributed by atoms with Crippen molar-refractivity contribution in [2.45, 2.75) is 26.7 Å². The molecular weight excluding hydrogens is 381 g/mol. The maximum absolute atomic E-state index is 12.0. The van der Waals surface area contributed by atoms with E-state index in [0.717, 1.165) is 17.7 Å². The van der Waals surface area contributed by atoms with Crippen LogP contribution in [0.5, 0.6) is 5.88 Å². The average Bonchev–Trinajstić information content (AvgIpc) is 2.44. The Morgan fingerprint density at radius 1 is 1.38 bits per heavy atom. The molecule has 0 amide bonds. The van der Waals surface area contributed by atoms with E-state index < -0.39 is 0 Å². The first kappa shape index (κ1) is 15.9. The fourth-order valence-electron chi connectivity index (χ4n) is 1.99. The first-order valence-corrected chi connectivity index (χ1v) is 7.84. The van der Waals surface area contributed by atoms with E-state index in [0.29, 0.717) is 27.6 Å². The highest BCUT2D eigenvalue weighted by atomic mass is 127. The summed E-state index contributed by atoms with van der Waals surface area (Å²) in [5.41, 5.74) is 1.78. The monoisotopic (exact) mass is 399 g/mol. The molecule has 0 fully saturated rings. The number of halogens is 1. The van der Waals surface area contributed by atoms with Crippen LogP contribution in [0.4, 0.5) is 0 Å². The fraction of sp³-hybridized carbons (Fsp3) is 0.400. The average molecular weight is 399 g/mol. The molecule has 21 heavy (non-hydrogen) atoms. The second-order valence-corrected chi connectivity index (χ2v) is 6.34. The van der Waals surface area contributed by atoms with Crippen molar-refractivity contribution in [1.82, 2.24) is 15.0 Å². The smallest absolute Gasteiger partial charge is 0.264 e. The number of nitrogens with one attached hydrogen (secondary N) is 1. The molecular formula is C15H18IN3O2. The number of aromatic nitrogens is 3. The normalized spacial score (nSPS) is 10.9. The predicted molar refractivity (Wildman–Crippen MR) is 89.7 cm³/mol. The van der Waals surface area contributed by atoms with Crippen LogP contribution in [0.1, 0.15) is 30.9 Å². The summed E-state index contributed by atoms with van der Waals surface area (Å²) in [6.45, 7) is 4.23. The second-order valence-electron chi connectivity index (χ2n) is 5.26. The first-order chi connectivity index (χ1) is 9.99. The molecule has 2 rings (SSSR count). The van der Waals surface area contributed by atoms with Crippen LogP contribution in [-0.2, 0) is 12.8 Å². The molecule has 6 heteroatoms. The van der Waals surface area contributed by atoms with Gasteiger partial charge in [0.15, 0.2) is 0 Å². The van der Waals surface area contributed by atoms with Gasteiger partial charge in [-0.15, -0.1) is 0 Å². The highest BCUT2D eigenvalue weighted by Gasteiger charge is 2.11. The molecule has 0 bridgehead atoms. The van der Waals surface area contributed by atoms with Gasteiger partial charge in [-0.05, 0) is 40.5 Å². The summed E-state index contributed by atoms with van der Waals surface area (Å²) in [5.74, 6) is 1.70. The molecule has 0 aliphatic carbocycles. The lowest BCUT2D eigenvalue weighted by Gasteiger charge is -2.09. The molecule has 2 aromatic rings. The Labute approximate surface area is 137 Å². The Morgan fingerprint density at radius 2 is 2.14 bits per heavy atom. The van der Waals surface area contributed by atoms with Crippen molar-refractivity contribution in [1.29, 1.82) is 0 Å². The van der Waals surface area contributed by atoms with Crippen molar-refractivity contribution in [3.8, 4) is 5.88 Å². The van der Waals surface area contributed by atoms with Gasteiger partial charge in [-0.3, -0.25) is 4.79 Å². The minimum Gasteiger partial charge on any atom is -0.481 e. The number of ether oxygens (including phenoxy) is 1. The van der Waals surface area contributed by atoms with E-state index >= 15 is 0 Å². The van der Waals surface area contributed by atoms with Gasteiger partial charge in [-0.1, -0.05) is 19.9 Å². The van der Waals surface area contributed by atoms with Crippen LogP contribution in [0.25, 0.3) is 0 Å². The number of pyridine rings is 1. The van der Waals surface area contributed by atoms with Gasteiger partial charge < -0.3 is 9.72 Å². The molecule has 0 spiro atoms. The predicted octanol–water partition coefficient (Wildman–Crippen LogP) is 2.57. The van der Waals surface area contributed by atoms with Crippen molar-refractivity contribution < 1.29 is 4.74 Å². The summed E-state index contributed by atoms with van der Waals surface area (Å²) in [6, 6.07) is 3.72. The summed E-state index contributed by atoms with van der Waals surface area (Å²) >= 11 is 2.06. The van der Waals surface area contributed by atoms with Crippen LogP contribution in [0.2, 0.25) is 0 Å². The van der Waals surface area contributed by atoms with Gasteiger partial charge in [0.1, 0.15) is 5.82 Å². The van der Waals surface area contributed by atoms with Crippen molar-refractivity contribution >= 4 is 22.6 Å². The van der Waals surface area contributed by atoms with Crippen LogP contribution >= 0.6 is 22.6 Å². The minimum atomic E-state index is -0.0716. The summed E-state index contributed by atoms with van der Waals surface area (Å²) in [5, 5.41) is 0. The molecule has 0 unspecified atom stereocenters. The van der Waals surface area contributed by atoms with Crippen molar-refractivity contribution in [3.63, 3.8) is 0 Å². The number of H-pyrrole nitrogens is 1. The molecule has 112 valence electrons. The summed E-state index contributed by atoms with van der Waals surface area (Å²) < 4.78 is 5.71. The van der Waals surface area contributed by atoms with Crippen LogP contribution in [0.15, 0.2) is 23.1 Å². The Kier molecular flexibility index (Phi) is 5.33. The maximum Gasteiger partial charge on any atom is 0.264 e. The Morgan fingerprint density at radius 3 is 2.71 bits per heavy atom. The van der Waals surface area contributed by atoms with Crippen LogP contribution in [-0.4, -0.2) is 22.1 Å². The number of methoxy groups -OCH3 is 1. The van der Waals surface area contributed by atoms with E-state index in [2.05, 4.69) is 51.4 Å². The Balaban J connectivity index is 2.26. The van der Waals surface area contributed by atoms with Gasteiger partial charge in [-0.25, -0.2) is 9.97 Å².